The summed E-state index contributed by atoms with van der Waals surface area (Å²) >= 11 is 8.36. The minimum Gasteiger partial charge on any atom is -0.496 e. The highest BCUT2D eigenvalue weighted by molar-refractivity contribution is 14.1. The van der Waals surface area contributed by atoms with E-state index in [2.05, 4.69) is 28.0 Å². The zero-order valence-corrected chi connectivity index (χ0v) is 13.3. The van der Waals surface area contributed by atoms with Crippen LogP contribution in [0.1, 0.15) is 17.2 Å². The van der Waals surface area contributed by atoms with Crippen LogP contribution < -0.4 is 16.0 Å². The number of methoxy groups -OCH3 is 1. The summed E-state index contributed by atoms with van der Waals surface area (Å²) in [5.41, 5.74) is 4.84. The molecule has 100 valence electrons. The van der Waals surface area contributed by atoms with Gasteiger partial charge in [-0.3, -0.25) is 5.84 Å². The highest BCUT2D eigenvalue weighted by Gasteiger charge is 2.19. The van der Waals surface area contributed by atoms with E-state index in [1.807, 2.05) is 36.4 Å². The topological polar surface area (TPSA) is 47.3 Å². The third kappa shape index (κ3) is 3.20. The van der Waals surface area contributed by atoms with Crippen LogP contribution in [0.2, 0.25) is 5.02 Å². The van der Waals surface area contributed by atoms with E-state index in [1.165, 1.54) is 0 Å². The lowest BCUT2D eigenvalue weighted by atomic mass is 9.98. The third-order valence-corrected chi connectivity index (χ3v) is 4.10. The summed E-state index contributed by atoms with van der Waals surface area (Å²) in [4.78, 5) is 0. The minimum atomic E-state index is -0.165. The fourth-order valence-corrected chi connectivity index (χ4v) is 2.87. The van der Waals surface area contributed by atoms with E-state index in [4.69, 9.17) is 22.2 Å². The van der Waals surface area contributed by atoms with Gasteiger partial charge in [0.25, 0.3) is 0 Å². The summed E-state index contributed by atoms with van der Waals surface area (Å²) in [6, 6.07) is 13.4. The van der Waals surface area contributed by atoms with E-state index >= 15 is 0 Å². The number of ether oxygens (including phenoxy) is 1. The zero-order chi connectivity index (χ0) is 13.8. The molecule has 0 aromatic heterocycles. The Kier molecular flexibility index (Phi) is 5.04. The number of nitrogens with one attached hydrogen (secondary N) is 1. The third-order valence-electron chi connectivity index (χ3n) is 2.89. The van der Waals surface area contributed by atoms with Gasteiger partial charge in [-0.1, -0.05) is 29.8 Å². The second kappa shape index (κ2) is 6.56. The molecule has 3 N–H and O–H groups in total. The maximum Gasteiger partial charge on any atom is 0.124 e. The first kappa shape index (κ1) is 14.6. The molecular weight excluding hydrogens is 375 g/mol. The Morgan fingerprint density at radius 1 is 1.21 bits per heavy atom. The molecule has 2 aromatic rings. The second-order valence-corrected chi connectivity index (χ2v) is 5.61. The van der Waals surface area contributed by atoms with Crippen molar-refractivity contribution < 1.29 is 4.74 Å². The molecule has 0 aliphatic heterocycles. The molecule has 1 atom stereocenters. The van der Waals surface area contributed by atoms with Gasteiger partial charge in [-0.25, -0.2) is 5.43 Å². The molecule has 19 heavy (non-hydrogen) atoms. The van der Waals surface area contributed by atoms with E-state index in [1.54, 1.807) is 13.2 Å². The second-order valence-electron chi connectivity index (χ2n) is 4.01. The molecular formula is C14H14ClIN2O. The lowest BCUT2D eigenvalue weighted by Gasteiger charge is -2.21. The summed E-state index contributed by atoms with van der Waals surface area (Å²) in [6.07, 6.45) is 0. The van der Waals surface area contributed by atoms with Crippen molar-refractivity contribution in [2.75, 3.05) is 7.11 Å². The molecule has 0 aliphatic rings. The van der Waals surface area contributed by atoms with Crippen molar-refractivity contribution in [3.63, 3.8) is 0 Å². The molecule has 0 bridgehead atoms. The minimum absolute atomic E-state index is 0.165. The van der Waals surface area contributed by atoms with Crippen LogP contribution in [0.4, 0.5) is 0 Å². The van der Waals surface area contributed by atoms with Crippen molar-refractivity contribution >= 4 is 34.2 Å². The van der Waals surface area contributed by atoms with Crippen molar-refractivity contribution in [1.82, 2.24) is 5.43 Å². The van der Waals surface area contributed by atoms with Crippen molar-refractivity contribution in [3.05, 3.63) is 62.2 Å². The van der Waals surface area contributed by atoms with Crippen molar-refractivity contribution in [3.8, 4) is 5.75 Å². The Hall–Kier alpha value is -0.820. The molecule has 1 unspecified atom stereocenters. The Labute approximate surface area is 131 Å². The standard InChI is InChI=1S/C14H14ClIN2O/c1-19-13-7-6-9(15)8-11(13)14(18-17)10-4-2-3-5-12(10)16/h2-8,14,18H,17H2,1H3. The maximum absolute atomic E-state index is 6.08. The van der Waals surface area contributed by atoms with Crippen LogP contribution >= 0.6 is 34.2 Å². The number of hydrazine groups is 1. The van der Waals surface area contributed by atoms with Gasteiger partial charge in [-0.2, -0.15) is 0 Å². The normalized spacial score (nSPS) is 12.2. The van der Waals surface area contributed by atoms with Gasteiger partial charge < -0.3 is 4.74 Å². The average molecular weight is 389 g/mol. The van der Waals surface area contributed by atoms with E-state index in [0.717, 1.165) is 20.4 Å². The molecule has 5 heteroatoms. The van der Waals surface area contributed by atoms with Crippen LogP contribution in [0.25, 0.3) is 0 Å². The predicted octanol–water partition coefficient (Wildman–Crippen LogP) is 3.51. The largest absolute Gasteiger partial charge is 0.496 e. The quantitative estimate of drug-likeness (QED) is 0.479. The zero-order valence-electron chi connectivity index (χ0n) is 10.4. The number of benzene rings is 2. The van der Waals surface area contributed by atoms with Crippen molar-refractivity contribution in [2.45, 2.75) is 6.04 Å². The number of hydrogen-bond donors (Lipinski definition) is 2. The summed E-state index contributed by atoms with van der Waals surface area (Å²) < 4.78 is 6.52. The lowest BCUT2D eigenvalue weighted by molar-refractivity contribution is 0.404. The highest BCUT2D eigenvalue weighted by atomic mass is 127. The molecule has 0 fully saturated rings. The van der Waals surface area contributed by atoms with Crippen LogP contribution in [-0.4, -0.2) is 7.11 Å². The van der Waals surface area contributed by atoms with Crippen LogP contribution in [0.5, 0.6) is 5.75 Å². The Bertz CT molecular complexity index is 577. The highest BCUT2D eigenvalue weighted by Crippen LogP contribution is 2.33. The van der Waals surface area contributed by atoms with E-state index in [-0.39, 0.29) is 6.04 Å². The molecule has 0 aliphatic carbocycles. The molecule has 2 rings (SSSR count). The molecule has 3 nitrogen and oxygen atoms in total. The van der Waals surface area contributed by atoms with Gasteiger partial charge >= 0.3 is 0 Å². The number of halogens is 2. The van der Waals surface area contributed by atoms with Crippen LogP contribution in [-0.2, 0) is 0 Å². The van der Waals surface area contributed by atoms with Gasteiger partial charge in [-0.15, -0.1) is 0 Å². The maximum atomic E-state index is 6.08. The van der Waals surface area contributed by atoms with Gasteiger partial charge in [0.15, 0.2) is 0 Å². The van der Waals surface area contributed by atoms with Gasteiger partial charge in [0.1, 0.15) is 5.75 Å². The van der Waals surface area contributed by atoms with E-state index in [0.29, 0.717) is 5.02 Å². The fraction of sp³-hybridized carbons (Fsp3) is 0.143. The van der Waals surface area contributed by atoms with E-state index < -0.39 is 0 Å². The van der Waals surface area contributed by atoms with Crippen LogP contribution in [0, 0.1) is 3.57 Å². The first-order valence-corrected chi connectivity index (χ1v) is 7.17. The summed E-state index contributed by atoms with van der Waals surface area (Å²) in [5.74, 6) is 6.48. The van der Waals surface area contributed by atoms with Crippen LogP contribution in [0.15, 0.2) is 42.5 Å². The Balaban J connectivity index is 2.54. The number of nitrogens with two attached hydrogens (primary N) is 1. The Morgan fingerprint density at radius 3 is 2.58 bits per heavy atom. The molecule has 0 heterocycles. The molecule has 0 saturated heterocycles. The van der Waals surface area contributed by atoms with E-state index in [9.17, 15) is 0 Å². The SMILES string of the molecule is COc1ccc(Cl)cc1C(NN)c1ccccc1I. The molecule has 0 amide bonds. The summed E-state index contributed by atoms with van der Waals surface area (Å²) in [6.45, 7) is 0. The molecule has 0 spiro atoms. The lowest BCUT2D eigenvalue weighted by Crippen LogP contribution is -2.29. The first-order chi connectivity index (χ1) is 9.17. The fourth-order valence-electron chi connectivity index (χ4n) is 1.99. The molecule has 0 radical (unpaired) electrons. The summed E-state index contributed by atoms with van der Waals surface area (Å²) in [5, 5.41) is 0.655. The van der Waals surface area contributed by atoms with Crippen molar-refractivity contribution in [1.29, 1.82) is 0 Å². The summed E-state index contributed by atoms with van der Waals surface area (Å²) in [7, 11) is 1.64. The predicted molar refractivity (Wildman–Crippen MR) is 86.3 cm³/mol. The van der Waals surface area contributed by atoms with Gasteiger partial charge in [0.2, 0.25) is 0 Å². The molecule has 0 saturated carbocycles. The molecule has 2 aromatic carbocycles. The number of hydrogen-bond acceptors (Lipinski definition) is 3. The average Bonchev–Trinajstić information content (AvgIpc) is 2.42. The van der Waals surface area contributed by atoms with Gasteiger partial charge in [0, 0.05) is 14.2 Å². The Morgan fingerprint density at radius 2 is 1.95 bits per heavy atom. The van der Waals surface area contributed by atoms with Crippen molar-refractivity contribution in [2.24, 2.45) is 5.84 Å². The first-order valence-electron chi connectivity index (χ1n) is 5.71. The van der Waals surface area contributed by atoms with Gasteiger partial charge in [0.05, 0.1) is 13.2 Å². The smallest absolute Gasteiger partial charge is 0.124 e. The van der Waals surface area contributed by atoms with Crippen LogP contribution in [0.3, 0.4) is 0 Å². The monoisotopic (exact) mass is 388 g/mol. The van der Waals surface area contributed by atoms with Gasteiger partial charge in [-0.05, 0) is 52.4 Å². The number of rotatable bonds is 4.